The summed E-state index contributed by atoms with van der Waals surface area (Å²) in [6, 6.07) is 37.1. The molecule has 8 heterocycles. The third-order valence-electron chi connectivity index (χ3n) is 11.8. The lowest BCUT2D eigenvalue weighted by Gasteiger charge is -2.18. The fourth-order valence-corrected chi connectivity index (χ4v) is 7.22. The van der Waals surface area contributed by atoms with Gasteiger partial charge in [-0.1, -0.05) is 216 Å². The predicted molar refractivity (Wildman–Crippen MR) is 348 cm³/mol. The van der Waals surface area contributed by atoms with Crippen LogP contribution >= 0.6 is 0 Å². The van der Waals surface area contributed by atoms with E-state index < -0.39 is 0 Å². The van der Waals surface area contributed by atoms with Gasteiger partial charge in [0.1, 0.15) is 0 Å². The van der Waals surface area contributed by atoms with Crippen LogP contribution in [0.5, 0.6) is 0 Å². The van der Waals surface area contributed by atoms with Crippen LogP contribution in [-0.4, -0.2) is 39.5 Å². The molecule has 10 aromatic rings. The van der Waals surface area contributed by atoms with Gasteiger partial charge < -0.3 is 0 Å². The summed E-state index contributed by atoms with van der Waals surface area (Å²) in [6.45, 7) is 53.0. The molecule has 0 aliphatic carbocycles. The molecule has 0 saturated carbocycles. The topological polar surface area (TPSA) is 94.6 Å². The fraction of sp³-hybridized carbons (Fsp3) is 0.423. The van der Waals surface area contributed by atoms with Gasteiger partial charge in [0.25, 0.3) is 0 Å². The van der Waals surface area contributed by atoms with E-state index in [0.29, 0.717) is 0 Å². The van der Waals surface area contributed by atoms with E-state index in [-0.39, 0.29) is 27.1 Å². The molecular weight excluding hydrogens is 965 g/mol. The van der Waals surface area contributed by atoms with E-state index in [2.05, 4.69) is 193 Å². The molecule has 0 saturated heterocycles. The highest BCUT2D eigenvalue weighted by Gasteiger charge is 2.19. The molecular formula is C71H102N8. The summed E-state index contributed by atoms with van der Waals surface area (Å²) in [6.07, 6.45) is 17.2. The Bertz CT molecular complexity index is 2900. The van der Waals surface area contributed by atoms with E-state index in [1.165, 1.54) is 44.1 Å². The molecule has 0 N–H and O–H groups in total. The molecule has 0 spiro atoms. The van der Waals surface area contributed by atoms with Crippen LogP contribution in [0.3, 0.4) is 0 Å². The smallest absolute Gasteiger partial charge is 0.0889 e. The number of pyridine rings is 7. The molecule has 0 amide bonds. The van der Waals surface area contributed by atoms with Gasteiger partial charge in [-0.2, -0.15) is 5.10 Å². The van der Waals surface area contributed by atoms with Crippen LogP contribution < -0.4 is 0 Å². The van der Waals surface area contributed by atoms with Crippen LogP contribution in [0.4, 0.5) is 0 Å². The van der Waals surface area contributed by atoms with Gasteiger partial charge in [0, 0.05) is 71.3 Å². The molecule has 0 aliphatic heterocycles. The Labute approximate surface area is 479 Å². The second-order valence-electron chi connectivity index (χ2n) is 22.7. The number of hydrogen-bond acceptors (Lipinski definition) is 7. The molecule has 0 aliphatic rings. The molecule has 0 fully saturated rings. The van der Waals surface area contributed by atoms with Crippen LogP contribution in [0.2, 0.25) is 0 Å². The zero-order valence-electron chi connectivity index (χ0n) is 53.7. The molecule has 2 aromatic carbocycles. The summed E-state index contributed by atoms with van der Waals surface area (Å²) < 4.78 is 1.92. The van der Waals surface area contributed by atoms with Crippen LogP contribution in [0.1, 0.15) is 201 Å². The van der Waals surface area contributed by atoms with Crippen LogP contribution in [-0.2, 0) is 27.1 Å². The number of benzene rings is 2. The number of nitrogens with zero attached hydrogens (tertiary/aromatic N) is 8. The number of para-hydroxylation sites is 2. The Balaban J connectivity index is 0.000000474. The standard InChI is InChI=1S/2C13H15N.2C12H14N2.C11H14N2.5C2H6/c2*1-13(2,3)11-8-10-6-4-5-7-12(10)14-9-11;1-12(2,3)10-6-9-7-13-5-4-11(9)14-8-10;1-12(2,3)9-7-11-10(14-8-9)5-4-6-13-11;1-11(2,3)9-8-12-13-7-5-4-6-10(9)13;5*1-2/h2*4-9H,1-3H3;2*4-8H,1-3H3;4-8H,1-3H3;5*1-2H3. The summed E-state index contributed by atoms with van der Waals surface area (Å²) in [7, 11) is 0. The van der Waals surface area contributed by atoms with E-state index in [0.717, 1.165) is 33.0 Å². The maximum atomic E-state index is 4.45. The quantitative estimate of drug-likeness (QED) is 0.149. The second-order valence-corrected chi connectivity index (χ2v) is 22.7. The number of rotatable bonds is 0. The van der Waals surface area contributed by atoms with Gasteiger partial charge in [0.2, 0.25) is 0 Å². The highest BCUT2D eigenvalue weighted by molar-refractivity contribution is 5.80. The zero-order chi connectivity index (χ0) is 60.2. The minimum atomic E-state index is 0.138. The van der Waals surface area contributed by atoms with Crippen molar-refractivity contribution < 1.29 is 0 Å². The van der Waals surface area contributed by atoms with Crippen molar-refractivity contribution in [3.63, 3.8) is 0 Å². The van der Waals surface area contributed by atoms with Crippen molar-refractivity contribution in [3.8, 4) is 0 Å². The van der Waals surface area contributed by atoms with Gasteiger partial charge in [0.15, 0.2) is 0 Å². The SMILES string of the molecule is CC.CC.CC.CC.CC.CC(C)(C)c1cnc2ccccc2c1.CC(C)(C)c1cnc2ccccc2c1.CC(C)(C)c1cnc2cccnc2c1.CC(C)(C)c1cnc2ccncc2c1.CC(C)(C)c1cnn2ccccc12. The Kier molecular flexibility index (Phi) is 29.7. The van der Waals surface area contributed by atoms with E-state index in [9.17, 15) is 0 Å². The third-order valence-corrected chi connectivity index (χ3v) is 11.8. The second kappa shape index (κ2) is 33.5. The summed E-state index contributed by atoms with van der Waals surface area (Å²) >= 11 is 0. The molecule has 0 radical (unpaired) electrons. The van der Waals surface area contributed by atoms with Crippen molar-refractivity contribution in [1.29, 1.82) is 0 Å². The molecule has 0 atom stereocenters. The van der Waals surface area contributed by atoms with Crippen molar-refractivity contribution in [1.82, 2.24) is 39.5 Å². The number of aromatic nitrogens is 8. The van der Waals surface area contributed by atoms with Gasteiger partial charge in [-0.15, -0.1) is 0 Å². The first-order chi connectivity index (χ1) is 37.4. The first kappa shape index (κ1) is 70.1. The highest BCUT2D eigenvalue weighted by Crippen LogP contribution is 2.28. The van der Waals surface area contributed by atoms with Gasteiger partial charge in [0.05, 0.1) is 39.3 Å². The molecule has 79 heavy (non-hydrogen) atoms. The minimum absolute atomic E-state index is 0.138. The normalized spacial score (nSPS) is 10.8. The summed E-state index contributed by atoms with van der Waals surface area (Å²) in [5, 5.41) is 7.86. The average molecular weight is 1070 g/mol. The molecule has 426 valence electrons. The first-order valence-corrected chi connectivity index (χ1v) is 28.9. The third kappa shape index (κ3) is 22.4. The van der Waals surface area contributed by atoms with Crippen LogP contribution in [0, 0.1) is 0 Å². The number of hydrogen-bond donors (Lipinski definition) is 0. The fourth-order valence-electron chi connectivity index (χ4n) is 7.22. The average Bonchev–Trinajstić information content (AvgIpc) is 3.91. The lowest BCUT2D eigenvalue weighted by Crippen LogP contribution is -2.11. The van der Waals surface area contributed by atoms with Gasteiger partial charge >= 0.3 is 0 Å². The summed E-state index contributed by atoms with van der Waals surface area (Å²) in [5.74, 6) is 0. The Morgan fingerprint density at radius 2 is 0.684 bits per heavy atom. The Morgan fingerprint density at radius 3 is 1.13 bits per heavy atom. The monoisotopic (exact) mass is 1070 g/mol. The van der Waals surface area contributed by atoms with Crippen LogP contribution in [0.25, 0.3) is 49.3 Å². The maximum absolute atomic E-state index is 4.45. The van der Waals surface area contributed by atoms with E-state index in [1.54, 1.807) is 12.4 Å². The van der Waals surface area contributed by atoms with Crippen molar-refractivity contribution in [2.75, 3.05) is 0 Å². The molecule has 8 aromatic heterocycles. The summed E-state index contributed by atoms with van der Waals surface area (Å²) in [5.41, 5.74) is 13.4. The van der Waals surface area contributed by atoms with E-state index >= 15 is 0 Å². The van der Waals surface area contributed by atoms with E-state index in [1.807, 2.05) is 172 Å². The van der Waals surface area contributed by atoms with Gasteiger partial charge in [-0.05, 0) is 116 Å². The largest absolute Gasteiger partial charge is 0.264 e. The lowest BCUT2D eigenvalue weighted by atomic mass is 9.88. The first-order valence-electron chi connectivity index (χ1n) is 28.9. The van der Waals surface area contributed by atoms with Gasteiger partial charge in [-0.25, -0.2) is 4.52 Å². The Morgan fingerprint density at radius 1 is 0.304 bits per heavy atom. The lowest BCUT2D eigenvalue weighted by molar-refractivity contribution is 0.588. The minimum Gasteiger partial charge on any atom is -0.264 e. The molecule has 8 heteroatoms. The molecule has 10 rings (SSSR count). The highest BCUT2D eigenvalue weighted by atomic mass is 15.2. The molecule has 0 unspecified atom stereocenters. The van der Waals surface area contributed by atoms with E-state index in [4.69, 9.17) is 0 Å². The van der Waals surface area contributed by atoms with Crippen molar-refractivity contribution in [2.24, 2.45) is 0 Å². The molecule has 8 nitrogen and oxygen atoms in total. The zero-order valence-corrected chi connectivity index (χ0v) is 53.7. The molecule has 0 bridgehead atoms. The van der Waals surface area contributed by atoms with Crippen molar-refractivity contribution >= 4 is 49.3 Å². The predicted octanol–water partition coefficient (Wildman–Crippen LogP) is 20.7. The maximum Gasteiger partial charge on any atom is 0.0889 e. The summed E-state index contributed by atoms with van der Waals surface area (Å²) in [4.78, 5) is 26.1. The Hall–Kier alpha value is -6.93. The van der Waals surface area contributed by atoms with Crippen LogP contribution in [0.15, 0.2) is 165 Å². The van der Waals surface area contributed by atoms with Crippen molar-refractivity contribution in [3.05, 3.63) is 193 Å². The van der Waals surface area contributed by atoms with Gasteiger partial charge in [-0.3, -0.25) is 29.9 Å². The van der Waals surface area contributed by atoms with Crippen molar-refractivity contribution in [2.45, 2.75) is 200 Å². The number of fused-ring (bicyclic) bond motifs is 5.